The van der Waals surface area contributed by atoms with Gasteiger partial charge in [0.15, 0.2) is 0 Å². The first kappa shape index (κ1) is 20.5. The largest absolute Gasteiger partial charge is 0.338 e. The minimum Gasteiger partial charge on any atom is -0.338 e. The van der Waals surface area contributed by atoms with Crippen LogP contribution in [-0.2, 0) is 11.2 Å². The molecule has 2 aromatic heterocycles. The van der Waals surface area contributed by atoms with Crippen LogP contribution in [0.4, 0.5) is 5.82 Å². The number of thiazole rings is 1. The fraction of sp³-hybridized carbons (Fsp3) is 0.524. The van der Waals surface area contributed by atoms with Gasteiger partial charge in [0.25, 0.3) is 5.91 Å². The number of aryl methyl sites for hydroxylation is 2. The monoisotopic (exact) mass is 400 g/mol. The second kappa shape index (κ2) is 8.82. The van der Waals surface area contributed by atoms with Gasteiger partial charge in [-0.3, -0.25) is 9.59 Å². The van der Waals surface area contributed by atoms with Crippen molar-refractivity contribution in [3.8, 4) is 0 Å². The maximum Gasteiger partial charge on any atom is 0.265 e. The summed E-state index contributed by atoms with van der Waals surface area (Å²) in [6.07, 6.45) is 3.92. The lowest BCUT2D eigenvalue weighted by molar-refractivity contribution is -0.121. The highest BCUT2D eigenvalue weighted by Crippen LogP contribution is 2.25. The number of hydrogen-bond donors (Lipinski definition) is 1. The van der Waals surface area contributed by atoms with Gasteiger partial charge in [0, 0.05) is 31.6 Å². The van der Waals surface area contributed by atoms with Crippen LogP contribution in [0.25, 0.3) is 0 Å². The van der Waals surface area contributed by atoms with E-state index in [1.165, 1.54) is 11.3 Å². The Hall–Kier alpha value is -2.28. The number of pyridine rings is 1. The van der Waals surface area contributed by atoms with Crippen LogP contribution < -0.4 is 5.32 Å². The summed E-state index contributed by atoms with van der Waals surface area (Å²) in [6, 6.07) is 3.76. The first-order valence-electron chi connectivity index (χ1n) is 9.82. The molecule has 0 spiro atoms. The molecule has 1 aliphatic heterocycles. The van der Waals surface area contributed by atoms with Crippen LogP contribution in [0.2, 0.25) is 0 Å². The average Bonchev–Trinajstić information content (AvgIpc) is 3.00. The Morgan fingerprint density at radius 3 is 2.64 bits per heavy atom. The lowest BCUT2D eigenvalue weighted by Crippen LogP contribution is -2.41. The molecular formula is C21H28N4O2S. The molecule has 28 heavy (non-hydrogen) atoms. The number of aromatic nitrogens is 2. The number of nitrogens with zero attached hydrogens (tertiary/aromatic N) is 3. The molecule has 6 nitrogen and oxygen atoms in total. The summed E-state index contributed by atoms with van der Waals surface area (Å²) in [5.41, 5.74) is 1.87. The summed E-state index contributed by atoms with van der Waals surface area (Å²) in [5, 5.41) is 3.92. The molecule has 0 aromatic carbocycles. The van der Waals surface area contributed by atoms with Crippen molar-refractivity contribution in [1.29, 1.82) is 0 Å². The van der Waals surface area contributed by atoms with E-state index in [1.807, 2.05) is 30.9 Å². The topological polar surface area (TPSA) is 75.2 Å². The molecule has 3 heterocycles. The van der Waals surface area contributed by atoms with Gasteiger partial charge in [-0.2, -0.15) is 0 Å². The number of carbonyl (C=O) groups excluding carboxylic acids is 2. The molecule has 7 heteroatoms. The van der Waals surface area contributed by atoms with Crippen molar-refractivity contribution in [2.75, 3.05) is 18.4 Å². The van der Waals surface area contributed by atoms with Gasteiger partial charge < -0.3 is 10.2 Å². The van der Waals surface area contributed by atoms with Crippen LogP contribution in [-0.4, -0.2) is 39.8 Å². The lowest BCUT2D eigenvalue weighted by Gasteiger charge is -2.31. The summed E-state index contributed by atoms with van der Waals surface area (Å²) in [4.78, 5) is 36.8. The van der Waals surface area contributed by atoms with E-state index in [-0.39, 0.29) is 17.7 Å². The number of likely N-dealkylation sites (tertiary alicyclic amines) is 1. The van der Waals surface area contributed by atoms with Crippen molar-refractivity contribution in [3.63, 3.8) is 0 Å². The Labute approximate surface area is 170 Å². The van der Waals surface area contributed by atoms with Crippen LogP contribution in [0, 0.1) is 25.7 Å². The highest BCUT2D eigenvalue weighted by atomic mass is 32.1. The molecule has 0 saturated carbocycles. The molecule has 0 atom stereocenters. The van der Waals surface area contributed by atoms with E-state index in [1.54, 1.807) is 6.20 Å². The molecule has 1 N–H and O–H groups in total. The maximum absolute atomic E-state index is 12.9. The smallest absolute Gasteiger partial charge is 0.265 e. The summed E-state index contributed by atoms with van der Waals surface area (Å²) in [5.74, 6) is 1.04. The maximum atomic E-state index is 12.9. The standard InChI is InChI=1S/C21H28N4O2S/c1-13(2)11-18-23-15(4)19(28-18)21(27)25-9-6-16(7-10-25)20(26)24-17-12-14(3)5-8-22-17/h5,8,12-13,16H,6-7,9-11H2,1-4H3,(H,22,24,26). The Balaban J connectivity index is 1.56. The number of hydrogen-bond acceptors (Lipinski definition) is 5. The van der Waals surface area contributed by atoms with Gasteiger partial charge >= 0.3 is 0 Å². The van der Waals surface area contributed by atoms with Crippen LogP contribution in [0.15, 0.2) is 18.3 Å². The van der Waals surface area contributed by atoms with Crippen LogP contribution >= 0.6 is 11.3 Å². The highest BCUT2D eigenvalue weighted by Gasteiger charge is 2.29. The van der Waals surface area contributed by atoms with E-state index >= 15 is 0 Å². The normalized spacial score (nSPS) is 15.1. The predicted molar refractivity (Wildman–Crippen MR) is 112 cm³/mol. The molecule has 0 aliphatic carbocycles. The molecule has 1 fully saturated rings. The van der Waals surface area contributed by atoms with Crippen LogP contribution in [0.5, 0.6) is 0 Å². The van der Waals surface area contributed by atoms with E-state index < -0.39 is 0 Å². The first-order valence-corrected chi connectivity index (χ1v) is 10.6. The second-order valence-electron chi connectivity index (χ2n) is 7.89. The van der Waals surface area contributed by atoms with Crippen molar-refractivity contribution < 1.29 is 9.59 Å². The zero-order valence-corrected chi connectivity index (χ0v) is 17.8. The van der Waals surface area contributed by atoms with E-state index in [0.717, 1.165) is 27.6 Å². The van der Waals surface area contributed by atoms with Crippen LogP contribution in [0.1, 0.15) is 52.6 Å². The summed E-state index contributed by atoms with van der Waals surface area (Å²) in [6.45, 7) is 9.36. The lowest BCUT2D eigenvalue weighted by atomic mass is 9.95. The predicted octanol–water partition coefficient (Wildman–Crippen LogP) is 3.84. The number of carbonyl (C=O) groups is 2. The average molecular weight is 401 g/mol. The SMILES string of the molecule is Cc1ccnc(NC(=O)C2CCN(C(=O)c3sc(CC(C)C)nc3C)CC2)c1. The summed E-state index contributed by atoms with van der Waals surface area (Å²) < 4.78 is 0. The van der Waals surface area contributed by atoms with Gasteiger partial charge in [0.1, 0.15) is 10.7 Å². The van der Waals surface area contributed by atoms with Crippen LogP contribution in [0.3, 0.4) is 0 Å². The zero-order valence-electron chi connectivity index (χ0n) is 17.0. The van der Waals surface area contributed by atoms with Crippen molar-refractivity contribution in [3.05, 3.63) is 39.5 Å². The Morgan fingerprint density at radius 1 is 1.29 bits per heavy atom. The van der Waals surface area contributed by atoms with Gasteiger partial charge in [-0.1, -0.05) is 13.8 Å². The van der Waals surface area contributed by atoms with E-state index in [9.17, 15) is 9.59 Å². The third kappa shape index (κ3) is 4.95. The fourth-order valence-corrected chi connectivity index (χ4v) is 4.65. The Kier molecular flexibility index (Phi) is 6.44. The minimum atomic E-state index is -0.0922. The molecular weight excluding hydrogens is 372 g/mol. The van der Waals surface area contributed by atoms with Gasteiger partial charge in [0.2, 0.25) is 5.91 Å². The van der Waals surface area contributed by atoms with Gasteiger partial charge in [-0.05, 0) is 50.3 Å². The molecule has 2 aromatic rings. The Morgan fingerprint density at radius 2 is 2.00 bits per heavy atom. The minimum absolute atomic E-state index is 0.0154. The van der Waals surface area contributed by atoms with Gasteiger partial charge in [0.05, 0.1) is 10.7 Å². The number of amides is 2. The molecule has 0 radical (unpaired) electrons. The Bertz CT molecular complexity index is 854. The quantitative estimate of drug-likeness (QED) is 0.827. The number of rotatable bonds is 5. The van der Waals surface area contributed by atoms with E-state index in [4.69, 9.17) is 0 Å². The molecule has 1 aliphatic rings. The fourth-order valence-electron chi connectivity index (χ4n) is 3.41. The first-order chi connectivity index (χ1) is 13.3. The third-order valence-electron chi connectivity index (χ3n) is 4.94. The van der Waals surface area contributed by atoms with Gasteiger partial charge in [-0.15, -0.1) is 11.3 Å². The zero-order chi connectivity index (χ0) is 20.3. The number of piperidine rings is 1. The summed E-state index contributed by atoms with van der Waals surface area (Å²) in [7, 11) is 0. The summed E-state index contributed by atoms with van der Waals surface area (Å²) >= 11 is 1.51. The van der Waals surface area contributed by atoms with E-state index in [2.05, 4.69) is 29.1 Å². The molecule has 0 unspecified atom stereocenters. The molecule has 150 valence electrons. The highest BCUT2D eigenvalue weighted by molar-refractivity contribution is 7.13. The third-order valence-corrected chi connectivity index (χ3v) is 6.11. The van der Waals surface area contributed by atoms with Crippen molar-refractivity contribution in [2.24, 2.45) is 11.8 Å². The van der Waals surface area contributed by atoms with Crippen molar-refractivity contribution in [1.82, 2.24) is 14.9 Å². The second-order valence-corrected chi connectivity index (χ2v) is 8.98. The molecule has 0 bridgehead atoms. The van der Waals surface area contributed by atoms with Crippen molar-refractivity contribution >= 4 is 29.0 Å². The molecule has 3 rings (SSSR count). The van der Waals surface area contributed by atoms with E-state index in [0.29, 0.717) is 37.7 Å². The number of anilines is 1. The molecule has 2 amide bonds. The molecule has 1 saturated heterocycles. The van der Waals surface area contributed by atoms with Crippen molar-refractivity contribution in [2.45, 2.75) is 47.0 Å². The van der Waals surface area contributed by atoms with Gasteiger partial charge in [-0.25, -0.2) is 9.97 Å². The number of nitrogens with one attached hydrogen (secondary N) is 1.